The third-order valence-electron chi connectivity index (χ3n) is 1.75. The highest BCUT2D eigenvalue weighted by atomic mass is 35.5. The Hall–Kier alpha value is -0.570. The van der Waals surface area contributed by atoms with Gasteiger partial charge in [-0.05, 0) is 12.8 Å². The number of hydrogen-bond donors (Lipinski definition) is 0. The summed E-state index contributed by atoms with van der Waals surface area (Å²) in [5, 5.41) is 0. The minimum atomic E-state index is -0.492. The van der Waals surface area contributed by atoms with Crippen molar-refractivity contribution in [3.8, 4) is 0 Å². The molecule has 0 N–H and O–H groups in total. The van der Waals surface area contributed by atoms with Crippen molar-refractivity contribution in [2.75, 3.05) is 19.0 Å². The molecule has 1 aliphatic rings. The summed E-state index contributed by atoms with van der Waals surface area (Å²) in [5.74, 6) is -1.11. The van der Waals surface area contributed by atoms with Crippen LogP contribution in [0, 0.1) is 0 Å². The largest absolute Gasteiger partial charge is 0.336 e. The molecule has 0 aliphatic carbocycles. The van der Waals surface area contributed by atoms with Crippen LogP contribution in [-0.2, 0) is 9.59 Å². The quantitative estimate of drug-likeness (QED) is 0.451. The maximum absolute atomic E-state index is 11.1. The standard InChI is InChI=1S/C7H10ClNO2/c8-5-6(10)7(11)9-3-1-2-4-9/h1-5H2. The third-order valence-corrected chi connectivity index (χ3v) is 2.00. The molecule has 0 spiro atoms. The first-order chi connectivity index (χ1) is 5.25. The number of halogens is 1. The molecule has 3 nitrogen and oxygen atoms in total. The number of carbonyl (C=O) groups is 2. The highest BCUT2D eigenvalue weighted by Gasteiger charge is 2.22. The molecule has 1 saturated heterocycles. The summed E-state index contributed by atoms with van der Waals surface area (Å²) < 4.78 is 0. The van der Waals surface area contributed by atoms with E-state index in [4.69, 9.17) is 11.6 Å². The van der Waals surface area contributed by atoms with E-state index in [1.165, 1.54) is 0 Å². The average molecular weight is 176 g/mol. The Morgan fingerprint density at radius 1 is 1.27 bits per heavy atom. The smallest absolute Gasteiger partial charge is 0.291 e. The lowest BCUT2D eigenvalue weighted by atomic mass is 10.4. The number of alkyl halides is 1. The molecule has 0 aromatic rings. The van der Waals surface area contributed by atoms with Gasteiger partial charge in [0.05, 0.1) is 5.88 Å². The predicted octanol–water partition coefficient (Wildman–Crippen LogP) is 0.417. The van der Waals surface area contributed by atoms with Crippen LogP contribution in [0.1, 0.15) is 12.8 Å². The molecule has 0 radical (unpaired) electrons. The maximum Gasteiger partial charge on any atom is 0.291 e. The highest BCUT2D eigenvalue weighted by Crippen LogP contribution is 2.07. The molecule has 0 unspecified atom stereocenters. The normalized spacial score (nSPS) is 17.0. The molecule has 62 valence electrons. The van der Waals surface area contributed by atoms with Gasteiger partial charge in [-0.3, -0.25) is 9.59 Å². The number of carbonyl (C=O) groups excluding carboxylic acids is 2. The van der Waals surface area contributed by atoms with Crippen LogP contribution < -0.4 is 0 Å². The van der Waals surface area contributed by atoms with E-state index >= 15 is 0 Å². The van der Waals surface area contributed by atoms with Gasteiger partial charge in [-0.1, -0.05) is 0 Å². The van der Waals surface area contributed by atoms with E-state index in [0.717, 1.165) is 12.8 Å². The summed E-state index contributed by atoms with van der Waals surface area (Å²) in [6.45, 7) is 1.42. The van der Waals surface area contributed by atoms with E-state index in [9.17, 15) is 9.59 Å². The second kappa shape index (κ2) is 3.72. The Balaban J connectivity index is 2.46. The molecule has 1 rings (SSSR count). The summed E-state index contributed by atoms with van der Waals surface area (Å²) in [7, 11) is 0. The van der Waals surface area contributed by atoms with Crippen LogP contribution in [0.3, 0.4) is 0 Å². The SMILES string of the molecule is O=C(CCl)C(=O)N1CCCC1. The Morgan fingerprint density at radius 3 is 2.27 bits per heavy atom. The first-order valence-corrected chi connectivity index (χ1v) is 4.17. The van der Waals surface area contributed by atoms with Crippen LogP contribution in [0.5, 0.6) is 0 Å². The minimum absolute atomic E-state index is 0.199. The zero-order chi connectivity index (χ0) is 8.27. The first-order valence-electron chi connectivity index (χ1n) is 3.64. The Labute approximate surface area is 70.3 Å². The summed E-state index contributed by atoms with van der Waals surface area (Å²) in [4.78, 5) is 23.4. The molecule has 0 atom stereocenters. The van der Waals surface area contributed by atoms with E-state index in [1.807, 2.05) is 0 Å². The van der Waals surface area contributed by atoms with Gasteiger partial charge in [0, 0.05) is 13.1 Å². The number of amides is 1. The fraction of sp³-hybridized carbons (Fsp3) is 0.714. The van der Waals surface area contributed by atoms with Crippen molar-refractivity contribution < 1.29 is 9.59 Å². The number of rotatable bonds is 2. The zero-order valence-corrected chi connectivity index (χ0v) is 6.93. The molecule has 0 aromatic carbocycles. The van der Waals surface area contributed by atoms with Gasteiger partial charge in [0.1, 0.15) is 0 Å². The van der Waals surface area contributed by atoms with Crippen molar-refractivity contribution in [2.24, 2.45) is 0 Å². The van der Waals surface area contributed by atoms with Crippen LogP contribution in [0.25, 0.3) is 0 Å². The second-order valence-electron chi connectivity index (χ2n) is 2.56. The third kappa shape index (κ3) is 1.93. The van der Waals surface area contributed by atoms with Gasteiger partial charge in [-0.25, -0.2) is 0 Å². The van der Waals surface area contributed by atoms with Crippen LogP contribution in [0.2, 0.25) is 0 Å². The lowest BCUT2D eigenvalue weighted by Crippen LogP contribution is -2.34. The van der Waals surface area contributed by atoms with E-state index in [-0.39, 0.29) is 5.88 Å². The molecule has 0 aromatic heterocycles. The average Bonchev–Trinajstić information content (AvgIpc) is 2.53. The van der Waals surface area contributed by atoms with Crippen molar-refractivity contribution in [3.05, 3.63) is 0 Å². The van der Waals surface area contributed by atoms with Gasteiger partial charge >= 0.3 is 0 Å². The van der Waals surface area contributed by atoms with Gasteiger partial charge < -0.3 is 4.90 Å². The van der Waals surface area contributed by atoms with E-state index in [0.29, 0.717) is 13.1 Å². The van der Waals surface area contributed by atoms with Crippen LogP contribution in [0.15, 0.2) is 0 Å². The maximum atomic E-state index is 11.1. The van der Waals surface area contributed by atoms with Crippen LogP contribution in [-0.4, -0.2) is 35.6 Å². The van der Waals surface area contributed by atoms with E-state index in [1.54, 1.807) is 4.90 Å². The zero-order valence-electron chi connectivity index (χ0n) is 6.18. The molecular formula is C7H10ClNO2. The van der Waals surface area contributed by atoms with Gasteiger partial charge in [0.15, 0.2) is 0 Å². The summed E-state index contributed by atoms with van der Waals surface area (Å²) in [5.41, 5.74) is 0. The van der Waals surface area contributed by atoms with Crippen molar-refractivity contribution in [1.82, 2.24) is 4.90 Å². The first kappa shape index (κ1) is 8.53. The Kier molecular flexibility index (Phi) is 2.88. The highest BCUT2D eigenvalue weighted by molar-refractivity contribution is 6.46. The molecule has 4 heteroatoms. The van der Waals surface area contributed by atoms with Crippen LogP contribution >= 0.6 is 11.6 Å². The summed E-state index contributed by atoms with van der Waals surface area (Å²) in [6.07, 6.45) is 2.00. The van der Waals surface area contributed by atoms with E-state index < -0.39 is 11.7 Å². The Morgan fingerprint density at radius 2 is 1.82 bits per heavy atom. The fourth-order valence-electron chi connectivity index (χ4n) is 1.15. The van der Waals surface area contributed by atoms with E-state index in [2.05, 4.69) is 0 Å². The number of hydrogen-bond acceptors (Lipinski definition) is 2. The number of ketones is 1. The predicted molar refractivity (Wildman–Crippen MR) is 41.5 cm³/mol. The lowest BCUT2D eigenvalue weighted by molar-refractivity contribution is -0.142. The molecule has 1 amide bonds. The summed E-state index contributed by atoms with van der Waals surface area (Å²) in [6, 6.07) is 0. The van der Waals surface area contributed by atoms with Gasteiger partial charge in [0.25, 0.3) is 5.91 Å². The van der Waals surface area contributed by atoms with Gasteiger partial charge in [-0.2, -0.15) is 0 Å². The van der Waals surface area contributed by atoms with Crippen molar-refractivity contribution in [1.29, 1.82) is 0 Å². The molecule has 0 saturated carbocycles. The van der Waals surface area contributed by atoms with Crippen molar-refractivity contribution >= 4 is 23.3 Å². The second-order valence-corrected chi connectivity index (χ2v) is 2.82. The number of Topliss-reactive ketones (excluding diaryl/α,β-unsaturated/α-hetero) is 1. The monoisotopic (exact) mass is 175 g/mol. The summed E-state index contributed by atoms with van der Waals surface area (Å²) >= 11 is 5.23. The van der Waals surface area contributed by atoms with Crippen molar-refractivity contribution in [3.63, 3.8) is 0 Å². The van der Waals surface area contributed by atoms with Crippen molar-refractivity contribution in [2.45, 2.75) is 12.8 Å². The lowest BCUT2D eigenvalue weighted by Gasteiger charge is -2.12. The minimum Gasteiger partial charge on any atom is -0.336 e. The number of likely N-dealkylation sites (tertiary alicyclic amines) is 1. The molecule has 0 bridgehead atoms. The molecule has 1 fully saturated rings. The topological polar surface area (TPSA) is 37.4 Å². The molecule has 1 aliphatic heterocycles. The molecule has 1 heterocycles. The fourth-order valence-corrected chi connectivity index (χ4v) is 1.27. The molecule has 11 heavy (non-hydrogen) atoms. The van der Waals surface area contributed by atoms with Gasteiger partial charge in [0.2, 0.25) is 5.78 Å². The van der Waals surface area contributed by atoms with Gasteiger partial charge in [-0.15, -0.1) is 11.6 Å². The van der Waals surface area contributed by atoms with Crippen LogP contribution in [0.4, 0.5) is 0 Å². The molecular weight excluding hydrogens is 166 g/mol. The number of nitrogens with zero attached hydrogens (tertiary/aromatic N) is 1. The Bertz CT molecular complexity index is 175.